The van der Waals surface area contributed by atoms with Gasteiger partial charge in [-0.25, -0.2) is 15.0 Å². The van der Waals surface area contributed by atoms with Gasteiger partial charge in [0.05, 0.1) is 25.9 Å². The number of anilines is 1. The van der Waals surface area contributed by atoms with E-state index in [0.29, 0.717) is 37.0 Å². The number of hydrogen-bond donors (Lipinski definition) is 2. The van der Waals surface area contributed by atoms with Gasteiger partial charge in [0.1, 0.15) is 18.0 Å². The minimum Gasteiger partial charge on any atom is -0.481 e. The van der Waals surface area contributed by atoms with E-state index in [1.54, 1.807) is 23.8 Å². The smallest absolute Gasteiger partial charge is 0.253 e. The lowest BCUT2D eigenvalue weighted by molar-refractivity contribution is 0.397. The Morgan fingerprint density at radius 3 is 3.09 bits per heavy atom. The number of nitrogens with zero attached hydrogens (tertiary/aromatic N) is 4. The third kappa shape index (κ3) is 4.17. The van der Waals surface area contributed by atoms with Crippen LogP contribution in [-0.4, -0.2) is 33.2 Å². The van der Waals surface area contributed by atoms with Gasteiger partial charge in [-0.2, -0.15) is 0 Å². The molecule has 0 aromatic carbocycles. The Balaban J connectivity index is 0.00000192. The molecule has 0 amide bonds. The summed E-state index contributed by atoms with van der Waals surface area (Å²) in [6, 6.07) is 3.26. The molecule has 9 heteroatoms. The molecule has 0 radical (unpaired) electrons. The second kappa shape index (κ2) is 7.89. The van der Waals surface area contributed by atoms with Crippen molar-refractivity contribution in [2.75, 3.05) is 19.0 Å². The van der Waals surface area contributed by atoms with Crippen LogP contribution in [0.3, 0.4) is 0 Å². The van der Waals surface area contributed by atoms with Gasteiger partial charge in [-0.1, -0.05) is 0 Å². The number of methoxy groups -OCH3 is 1. The van der Waals surface area contributed by atoms with Gasteiger partial charge in [0.25, 0.3) is 5.56 Å². The molecule has 2 aromatic heterocycles. The molecule has 0 aliphatic carbocycles. The van der Waals surface area contributed by atoms with Crippen LogP contribution in [0.4, 0.5) is 5.82 Å². The fourth-order valence-electron chi connectivity index (χ4n) is 2.36. The summed E-state index contributed by atoms with van der Waals surface area (Å²) in [5.74, 6) is 1.89. The van der Waals surface area contributed by atoms with Crippen LogP contribution in [0, 0.1) is 0 Å². The van der Waals surface area contributed by atoms with Gasteiger partial charge >= 0.3 is 0 Å². The molecule has 124 valence electrons. The highest BCUT2D eigenvalue weighted by molar-refractivity contribution is 5.85. The third-order valence-electron chi connectivity index (χ3n) is 3.46. The molecule has 23 heavy (non-hydrogen) atoms. The fraction of sp³-hybridized carbons (Fsp3) is 0.429. The van der Waals surface area contributed by atoms with E-state index >= 15 is 0 Å². The minimum absolute atomic E-state index is 0. The first-order chi connectivity index (χ1) is 10.8. The summed E-state index contributed by atoms with van der Waals surface area (Å²) < 4.78 is 6.78. The van der Waals surface area contributed by atoms with Crippen molar-refractivity contribution in [3.05, 3.63) is 40.3 Å². The topological polar surface area (TPSA) is 94.0 Å². The van der Waals surface area contributed by atoms with Crippen molar-refractivity contribution in [2.24, 2.45) is 0 Å². The van der Waals surface area contributed by atoms with Gasteiger partial charge < -0.3 is 15.4 Å². The highest BCUT2D eigenvalue weighted by Crippen LogP contribution is 2.11. The molecule has 0 spiro atoms. The Hall–Kier alpha value is -2.19. The molecule has 0 atom stereocenters. The van der Waals surface area contributed by atoms with Crippen molar-refractivity contribution in [1.82, 2.24) is 24.8 Å². The van der Waals surface area contributed by atoms with Crippen LogP contribution in [0.15, 0.2) is 23.3 Å². The zero-order valence-corrected chi connectivity index (χ0v) is 13.6. The van der Waals surface area contributed by atoms with Crippen LogP contribution in [0.2, 0.25) is 0 Å². The maximum Gasteiger partial charge on any atom is 0.253 e. The van der Waals surface area contributed by atoms with Gasteiger partial charge in [0, 0.05) is 18.7 Å². The number of aromatic nitrogens is 4. The van der Waals surface area contributed by atoms with Crippen molar-refractivity contribution in [1.29, 1.82) is 0 Å². The zero-order chi connectivity index (χ0) is 15.4. The summed E-state index contributed by atoms with van der Waals surface area (Å²) in [5.41, 5.74) is 0.684. The number of fused-ring (bicyclic) bond motifs is 1. The first kappa shape index (κ1) is 17.2. The van der Waals surface area contributed by atoms with E-state index in [0.717, 1.165) is 18.8 Å². The first-order valence-electron chi connectivity index (χ1n) is 7.16. The quantitative estimate of drug-likeness (QED) is 0.841. The molecule has 3 rings (SSSR count). The molecule has 1 aliphatic rings. The van der Waals surface area contributed by atoms with Gasteiger partial charge in [0.2, 0.25) is 5.88 Å². The SMILES string of the molecule is COc1cc(NCc2cc(=O)n3c(n2)CNCCC3)ncn1.Cl. The van der Waals surface area contributed by atoms with E-state index < -0.39 is 0 Å². The second-order valence-corrected chi connectivity index (χ2v) is 4.98. The third-order valence-corrected chi connectivity index (χ3v) is 3.46. The predicted molar refractivity (Wildman–Crippen MR) is 88.0 cm³/mol. The van der Waals surface area contributed by atoms with E-state index in [1.165, 1.54) is 6.33 Å². The summed E-state index contributed by atoms with van der Waals surface area (Å²) in [4.78, 5) is 24.8. The Labute approximate surface area is 139 Å². The molecule has 0 fully saturated rings. The number of ether oxygens (including phenoxy) is 1. The number of hydrogen-bond acceptors (Lipinski definition) is 7. The highest BCUT2D eigenvalue weighted by Gasteiger charge is 2.11. The molecule has 2 aromatic rings. The van der Waals surface area contributed by atoms with E-state index in [2.05, 4.69) is 25.6 Å². The van der Waals surface area contributed by atoms with Gasteiger partial charge in [0.15, 0.2) is 0 Å². The van der Waals surface area contributed by atoms with E-state index in [1.807, 2.05) is 0 Å². The summed E-state index contributed by atoms with van der Waals surface area (Å²) in [6.07, 6.45) is 2.36. The molecule has 2 N–H and O–H groups in total. The van der Waals surface area contributed by atoms with Gasteiger partial charge in [-0.3, -0.25) is 9.36 Å². The zero-order valence-electron chi connectivity index (χ0n) is 12.8. The molecule has 3 heterocycles. The van der Waals surface area contributed by atoms with E-state index in [9.17, 15) is 4.79 Å². The number of nitrogens with one attached hydrogen (secondary N) is 2. The minimum atomic E-state index is -0.00855. The van der Waals surface area contributed by atoms with Crippen molar-refractivity contribution >= 4 is 18.2 Å². The number of rotatable bonds is 4. The summed E-state index contributed by atoms with van der Waals surface area (Å²) in [6.45, 7) is 2.65. The number of halogens is 1. The van der Waals surface area contributed by atoms with Crippen LogP contribution in [0.5, 0.6) is 5.88 Å². The molecule has 0 unspecified atom stereocenters. The lowest BCUT2D eigenvalue weighted by Gasteiger charge is -2.11. The van der Waals surface area contributed by atoms with Crippen LogP contribution in [0.25, 0.3) is 0 Å². The Morgan fingerprint density at radius 2 is 2.26 bits per heavy atom. The Kier molecular flexibility index (Phi) is 5.89. The summed E-state index contributed by atoms with van der Waals surface area (Å²) in [7, 11) is 1.55. The molecular formula is C14H19ClN6O2. The van der Waals surface area contributed by atoms with Crippen LogP contribution >= 0.6 is 12.4 Å². The molecule has 8 nitrogen and oxygen atoms in total. The molecule has 0 saturated heterocycles. The molecule has 1 aliphatic heterocycles. The maximum atomic E-state index is 12.2. The van der Waals surface area contributed by atoms with E-state index in [-0.39, 0.29) is 18.0 Å². The summed E-state index contributed by atoms with van der Waals surface area (Å²) in [5, 5.41) is 6.39. The van der Waals surface area contributed by atoms with Crippen LogP contribution < -0.4 is 20.9 Å². The second-order valence-electron chi connectivity index (χ2n) is 4.98. The van der Waals surface area contributed by atoms with E-state index in [4.69, 9.17) is 4.74 Å². The molecule has 0 bridgehead atoms. The van der Waals surface area contributed by atoms with Crippen LogP contribution in [-0.2, 0) is 19.6 Å². The van der Waals surface area contributed by atoms with Crippen molar-refractivity contribution in [2.45, 2.75) is 26.1 Å². The average molecular weight is 339 g/mol. The monoisotopic (exact) mass is 338 g/mol. The standard InChI is InChI=1S/C14H18N6O2.ClH/c1-22-13-6-11(17-9-18-13)16-7-10-5-14(21)20-4-2-3-15-8-12(20)19-10;/h5-6,9,15H,2-4,7-8H2,1H3,(H,16,17,18);1H. The van der Waals surface area contributed by atoms with Gasteiger partial charge in [-0.05, 0) is 13.0 Å². The van der Waals surface area contributed by atoms with Gasteiger partial charge in [-0.15, -0.1) is 12.4 Å². The largest absolute Gasteiger partial charge is 0.481 e. The van der Waals surface area contributed by atoms with Crippen molar-refractivity contribution in [3.63, 3.8) is 0 Å². The van der Waals surface area contributed by atoms with Crippen LogP contribution in [0.1, 0.15) is 17.9 Å². The molecular weight excluding hydrogens is 320 g/mol. The summed E-state index contributed by atoms with van der Waals surface area (Å²) >= 11 is 0. The lowest BCUT2D eigenvalue weighted by atomic mass is 10.3. The molecule has 0 saturated carbocycles. The van der Waals surface area contributed by atoms with Crippen molar-refractivity contribution < 1.29 is 4.74 Å². The Morgan fingerprint density at radius 1 is 1.39 bits per heavy atom. The maximum absolute atomic E-state index is 12.2. The van der Waals surface area contributed by atoms with Crippen molar-refractivity contribution in [3.8, 4) is 5.88 Å². The average Bonchev–Trinajstić information content (AvgIpc) is 2.79. The fourth-order valence-corrected chi connectivity index (χ4v) is 2.36. The first-order valence-corrected chi connectivity index (χ1v) is 7.16. The predicted octanol–water partition coefficient (Wildman–Crippen LogP) is 0.569. The highest BCUT2D eigenvalue weighted by atomic mass is 35.5. The Bertz CT molecular complexity index is 721. The normalized spacial score (nSPS) is 13.4. The lowest BCUT2D eigenvalue weighted by Crippen LogP contribution is -2.26.